The summed E-state index contributed by atoms with van der Waals surface area (Å²) in [7, 11) is 1.02. The Bertz CT molecular complexity index is 513. The van der Waals surface area contributed by atoms with Crippen LogP contribution in [0.4, 0.5) is 0 Å². The Kier molecular flexibility index (Phi) is 5.62. The maximum atomic E-state index is 12.4. The van der Waals surface area contributed by atoms with Gasteiger partial charge in [-0.15, -0.1) is 0 Å². The van der Waals surface area contributed by atoms with Gasteiger partial charge in [-0.3, -0.25) is 0 Å². The summed E-state index contributed by atoms with van der Waals surface area (Å²) in [6, 6.07) is 4.69. The van der Waals surface area contributed by atoms with E-state index in [0.717, 1.165) is 12.8 Å². The number of hydrogen-bond acceptors (Lipinski definition) is 4. The number of hydrogen-bond donors (Lipinski definition) is 0. The maximum Gasteiger partial charge on any atom is 0.246 e. The van der Waals surface area contributed by atoms with Crippen molar-refractivity contribution in [2.45, 2.75) is 24.7 Å². The first-order valence-electron chi connectivity index (χ1n) is 6.15. The van der Waals surface area contributed by atoms with E-state index in [1.165, 1.54) is 24.6 Å². The molecule has 0 aliphatic carbocycles. The molecule has 0 N–H and O–H groups in total. The summed E-state index contributed by atoms with van der Waals surface area (Å²) in [5.41, 5.74) is 0. The van der Waals surface area contributed by atoms with Crippen molar-refractivity contribution < 1.29 is 17.9 Å². The predicted octanol–water partition coefficient (Wildman–Crippen LogP) is 2.12. The molecule has 0 fully saturated rings. The third-order valence-electron chi connectivity index (χ3n) is 2.89. The fourth-order valence-corrected chi connectivity index (χ4v) is 3.00. The summed E-state index contributed by atoms with van der Waals surface area (Å²) in [5.74, 6) is 0.856. The van der Waals surface area contributed by atoms with Crippen molar-refractivity contribution in [3.8, 4) is 11.5 Å². The van der Waals surface area contributed by atoms with Gasteiger partial charge < -0.3 is 9.47 Å². The lowest BCUT2D eigenvalue weighted by Crippen LogP contribution is -2.28. The van der Waals surface area contributed by atoms with E-state index in [4.69, 9.17) is 9.47 Å². The van der Waals surface area contributed by atoms with E-state index in [1.807, 2.05) is 6.92 Å². The SMILES string of the molecule is CCCCN(C)S(=O)(=O)c1ccc(OC)cc1OC. The Labute approximate surface area is 115 Å². The van der Waals surface area contributed by atoms with E-state index in [2.05, 4.69) is 0 Å². The first-order valence-corrected chi connectivity index (χ1v) is 7.59. The Morgan fingerprint density at radius 2 is 1.89 bits per heavy atom. The summed E-state index contributed by atoms with van der Waals surface area (Å²) in [6.45, 7) is 2.52. The highest BCUT2D eigenvalue weighted by molar-refractivity contribution is 7.89. The second-order valence-corrected chi connectivity index (χ2v) is 6.21. The van der Waals surface area contributed by atoms with Gasteiger partial charge in [-0.2, -0.15) is 0 Å². The van der Waals surface area contributed by atoms with Crippen molar-refractivity contribution in [1.82, 2.24) is 4.31 Å². The lowest BCUT2D eigenvalue weighted by Gasteiger charge is -2.18. The zero-order valence-electron chi connectivity index (χ0n) is 11.8. The molecule has 5 nitrogen and oxygen atoms in total. The van der Waals surface area contributed by atoms with Crippen LogP contribution in [0.25, 0.3) is 0 Å². The molecule has 0 heterocycles. The van der Waals surface area contributed by atoms with Gasteiger partial charge in [0.15, 0.2) is 0 Å². The molecule has 0 aromatic heterocycles. The number of unbranched alkanes of at least 4 members (excludes halogenated alkanes) is 1. The van der Waals surface area contributed by atoms with Gasteiger partial charge >= 0.3 is 0 Å². The van der Waals surface area contributed by atoms with E-state index in [0.29, 0.717) is 18.0 Å². The smallest absolute Gasteiger partial charge is 0.246 e. The summed E-state index contributed by atoms with van der Waals surface area (Å²) in [4.78, 5) is 0.161. The highest BCUT2D eigenvalue weighted by Gasteiger charge is 2.24. The third kappa shape index (κ3) is 3.61. The van der Waals surface area contributed by atoms with Crippen molar-refractivity contribution in [2.24, 2.45) is 0 Å². The topological polar surface area (TPSA) is 55.8 Å². The van der Waals surface area contributed by atoms with Crippen LogP contribution in [0.1, 0.15) is 19.8 Å². The van der Waals surface area contributed by atoms with E-state index in [-0.39, 0.29) is 4.90 Å². The molecule has 0 saturated heterocycles. The summed E-state index contributed by atoms with van der Waals surface area (Å²) in [5, 5.41) is 0. The highest BCUT2D eigenvalue weighted by Crippen LogP contribution is 2.30. The van der Waals surface area contributed by atoms with Crippen LogP contribution in [-0.2, 0) is 10.0 Å². The lowest BCUT2D eigenvalue weighted by atomic mass is 10.3. The monoisotopic (exact) mass is 287 g/mol. The molecule has 0 saturated carbocycles. The van der Waals surface area contributed by atoms with Crippen molar-refractivity contribution in [3.63, 3.8) is 0 Å². The van der Waals surface area contributed by atoms with Crippen molar-refractivity contribution in [2.75, 3.05) is 27.8 Å². The van der Waals surface area contributed by atoms with Crippen LogP contribution in [0.3, 0.4) is 0 Å². The van der Waals surface area contributed by atoms with Crippen molar-refractivity contribution in [1.29, 1.82) is 0 Å². The summed E-state index contributed by atoms with van der Waals surface area (Å²) >= 11 is 0. The Balaban J connectivity index is 3.13. The van der Waals surface area contributed by atoms with Crippen LogP contribution >= 0.6 is 0 Å². The van der Waals surface area contributed by atoms with Crippen molar-refractivity contribution >= 4 is 10.0 Å². The number of methoxy groups -OCH3 is 2. The molecular weight excluding hydrogens is 266 g/mol. The molecule has 1 rings (SSSR count). The molecule has 1 aromatic rings. The molecule has 0 atom stereocenters. The van der Waals surface area contributed by atoms with Crippen LogP contribution in [0.5, 0.6) is 11.5 Å². The molecule has 1 aromatic carbocycles. The molecule has 0 amide bonds. The lowest BCUT2D eigenvalue weighted by molar-refractivity contribution is 0.383. The number of ether oxygens (including phenoxy) is 2. The third-order valence-corrected chi connectivity index (χ3v) is 4.78. The minimum atomic E-state index is -3.53. The molecule has 6 heteroatoms. The van der Waals surface area contributed by atoms with E-state index in [1.54, 1.807) is 19.2 Å². The average Bonchev–Trinajstić information content (AvgIpc) is 2.43. The van der Waals surface area contributed by atoms with Crippen LogP contribution in [0, 0.1) is 0 Å². The largest absolute Gasteiger partial charge is 0.497 e. The van der Waals surface area contributed by atoms with Gasteiger partial charge in [-0.05, 0) is 18.6 Å². The zero-order valence-corrected chi connectivity index (χ0v) is 12.7. The molecular formula is C13H21NO4S. The van der Waals surface area contributed by atoms with Crippen molar-refractivity contribution in [3.05, 3.63) is 18.2 Å². The standard InChI is InChI=1S/C13H21NO4S/c1-5-6-9-14(2)19(15,16)13-8-7-11(17-3)10-12(13)18-4/h7-8,10H,5-6,9H2,1-4H3. The Hall–Kier alpha value is -1.27. The molecule has 0 bridgehead atoms. The number of sulfonamides is 1. The van der Waals surface area contributed by atoms with E-state index in [9.17, 15) is 8.42 Å². The van der Waals surface area contributed by atoms with E-state index >= 15 is 0 Å². The Morgan fingerprint density at radius 3 is 2.42 bits per heavy atom. The quantitative estimate of drug-likeness (QED) is 0.771. The predicted molar refractivity (Wildman–Crippen MR) is 74.3 cm³/mol. The van der Waals surface area contributed by atoms with Crippen LogP contribution < -0.4 is 9.47 Å². The minimum absolute atomic E-state index is 0.161. The highest BCUT2D eigenvalue weighted by atomic mass is 32.2. The fourth-order valence-electron chi connectivity index (χ4n) is 1.66. The second-order valence-electron chi connectivity index (χ2n) is 4.20. The fraction of sp³-hybridized carbons (Fsp3) is 0.538. The van der Waals surface area contributed by atoms with Gasteiger partial charge in [0.25, 0.3) is 0 Å². The maximum absolute atomic E-state index is 12.4. The molecule has 0 spiro atoms. The van der Waals surface area contributed by atoms with Gasteiger partial charge in [0.05, 0.1) is 14.2 Å². The number of benzene rings is 1. The van der Waals surface area contributed by atoms with Crippen LogP contribution in [0.15, 0.2) is 23.1 Å². The molecule has 0 radical (unpaired) electrons. The van der Waals surface area contributed by atoms with Gasteiger partial charge in [0, 0.05) is 19.7 Å². The molecule has 19 heavy (non-hydrogen) atoms. The first-order chi connectivity index (χ1) is 8.97. The Morgan fingerprint density at radius 1 is 1.21 bits per heavy atom. The van der Waals surface area contributed by atoms with Crippen LogP contribution in [-0.4, -0.2) is 40.5 Å². The number of rotatable bonds is 7. The second kappa shape index (κ2) is 6.77. The first kappa shape index (κ1) is 15.8. The normalized spacial score (nSPS) is 11.6. The zero-order chi connectivity index (χ0) is 14.5. The van der Waals surface area contributed by atoms with Crippen LogP contribution in [0.2, 0.25) is 0 Å². The van der Waals surface area contributed by atoms with E-state index < -0.39 is 10.0 Å². The number of nitrogens with zero attached hydrogens (tertiary/aromatic N) is 1. The molecule has 0 aliphatic heterocycles. The van der Waals surface area contributed by atoms with Gasteiger partial charge in [0.1, 0.15) is 16.4 Å². The van der Waals surface area contributed by atoms with Gasteiger partial charge in [-0.1, -0.05) is 13.3 Å². The summed E-state index contributed by atoms with van der Waals surface area (Å²) in [6.07, 6.45) is 1.77. The summed E-state index contributed by atoms with van der Waals surface area (Å²) < 4.78 is 36.4. The minimum Gasteiger partial charge on any atom is -0.497 e. The van der Waals surface area contributed by atoms with Gasteiger partial charge in [-0.25, -0.2) is 12.7 Å². The molecule has 0 aliphatic rings. The van der Waals surface area contributed by atoms with Gasteiger partial charge in [0.2, 0.25) is 10.0 Å². The molecule has 0 unspecified atom stereocenters. The molecule has 108 valence electrons. The average molecular weight is 287 g/mol.